The first-order chi connectivity index (χ1) is 32.6. The average molecular weight is 949 g/mol. The third-order valence-electron chi connectivity index (χ3n) is 11.4. The van der Waals surface area contributed by atoms with E-state index in [9.17, 15) is 40.5 Å². The summed E-state index contributed by atoms with van der Waals surface area (Å²) in [6.07, 6.45) is 33.6. The van der Waals surface area contributed by atoms with Crippen molar-refractivity contribution in [2.45, 2.75) is 210 Å². The molecule has 2 aliphatic heterocycles. The lowest BCUT2D eigenvalue weighted by Gasteiger charge is -2.42. The predicted octanol–water partition coefficient (Wildman–Crippen LogP) is 7.29. The fourth-order valence-electron chi connectivity index (χ4n) is 7.35. The summed E-state index contributed by atoms with van der Waals surface area (Å²) in [6, 6.07) is 0. The normalized spacial score (nSPS) is 26.8. The molecular weight excluding hydrogens is 861 g/mol. The van der Waals surface area contributed by atoms with Crippen LogP contribution in [0.15, 0.2) is 85.1 Å². The Bertz CT molecular complexity index is 1430. The molecule has 384 valence electrons. The van der Waals surface area contributed by atoms with Gasteiger partial charge in [-0.05, 0) is 83.5 Å². The maximum atomic E-state index is 13.0. The Balaban J connectivity index is 1.80. The molecule has 11 atom stereocenters. The summed E-state index contributed by atoms with van der Waals surface area (Å²) in [5.74, 6) is -0.423. The SMILES string of the molecule is CC/C=C\C/C=C\C/C=C\C/C=C\CCCCC(=O)OC(COCCCCCCCCCC/C=C\C/C=C\C/C=C\CC)COC1OC(COC2OC(CO)C(O)C(O)C2O)C(O)C(O)C1O. The van der Waals surface area contributed by atoms with E-state index >= 15 is 0 Å². The van der Waals surface area contributed by atoms with E-state index in [0.717, 1.165) is 83.5 Å². The van der Waals surface area contributed by atoms with Crippen molar-refractivity contribution in [1.29, 1.82) is 0 Å². The quantitative estimate of drug-likeness (QED) is 0.0184. The maximum absolute atomic E-state index is 13.0. The van der Waals surface area contributed by atoms with E-state index in [1.165, 1.54) is 32.1 Å². The second-order valence-corrected chi connectivity index (χ2v) is 17.2. The standard InChI is InChI=1S/C53H88O14/c1-3-5-7-9-11-13-15-17-19-20-21-23-25-27-29-31-33-35-37-62-39-42(65-45(55)36-34-32-30-28-26-24-22-18-16-14-12-10-8-6-4-2)40-63-52-51(61)49(59)47(57)44(67-52)41-64-53-50(60)48(58)46(56)43(38-54)66-53/h5-8,11-14,17-19,22,26,28,42-44,46-54,56-61H,3-4,9-10,15-16,20-21,23-25,27,29-41H2,1-2H3/b7-5-,8-6-,13-11-,14-12-,19-17-,22-18-,28-26-. The number of esters is 1. The molecule has 2 aliphatic rings. The predicted molar refractivity (Wildman–Crippen MR) is 261 cm³/mol. The first kappa shape index (κ1) is 60.3. The van der Waals surface area contributed by atoms with Crippen LogP contribution in [0.25, 0.3) is 0 Å². The van der Waals surface area contributed by atoms with Crippen LogP contribution in [0.2, 0.25) is 0 Å². The summed E-state index contributed by atoms with van der Waals surface area (Å²) < 4.78 is 34.2. The zero-order valence-electron chi connectivity index (χ0n) is 40.6. The minimum absolute atomic E-state index is 0.0341. The van der Waals surface area contributed by atoms with Crippen molar-refractivity contribution < 1.29 is 69.0 Å². The molecule has 0 radical (unpaired) electrons. The maximum Gasteiger partial charge on any atom is 0.306 e. The molecule has 0 spiro atoms. The number of carbonyl (C=O) groups is 1. The number of ether oxygens (including phenoxy) is 6. The molecule has 2 heterocycles. The number of allylic oxidation sites excluding steroid dienone is 14. The summed E-state index contributed by atoms with van der Waals surface area (Å²) in [6.45, 7) is 3.36. The van der Waals surface area contributed by atoms with Gasteiger partial charge in [-0.25, -0.2) is 0 Å². The third kappa shape index (κ3) is 27.8. The second-order valence-electron chi connectivity index (χ2n) is 17.2. The van der Waals surface area contributed by atoms with Gasteiger partial charge >= 0.3 is 5.97 Å². The highest BCUT2D eigenvalue weighted by molar-refractivity contribution is 5.69. The molecule has 0 saturated carbocycles. The van der Waals surface area contributed by atoms with Gasteiger partial charge in [-0.3, -0.25) is 4.79 Å². The van der Waals surface area contributed by atoms with Crippen molar-refractivity contribution in [3.8, 4) is 0 Å². The summed E-state index contributed by atoms with van der Waals surface area (Å²) in [5, 5.41) is 72.1. The lowest BCUT2D eigenvalue weighted by Crippen LogP contribution is -2.61. The number of hydrogen-bond acceptors (Lipinski definition) is 14. The molecule has 0 bridgehead atoms. The molecule has 0 aliphatic carbocycles. The van der Waals surface area contributed by atoms with Crippen LogP contribution >= 0.6 is 0 Å². The lowest BCUT2D eigenvalue weighted by molar-refractivity contribution is -0.332. The summed E-state index contributed by atoms with van der Waals surface area (Å²) in [5.41, 5.74) is 0. The minimum Gasteiger partial charge on any atom is -0.457 e. The smallest absolute Gasteiger partial charge is 0.306 e. The summed E-state index contributed by atoms with van der Waals surface area (Å²) in [7, 11) is 0. The van der Waals surface area contributed by atoms with Gasteiger partial charge in [0.1, 0.15) is 54.9 Å². The van der Waals surface area contributed by atoms with Gasteiger partial charge in [0.2, 0.25) is 0 Å². The van der Waals surface area contributed by atoms with E-state index < -0.39 is 86.7 Å². The molecule has 0 aromatic heterocycles. The molecule has 0 aromatic carbocycles. The molecule has 14 heteroatoms. The van der Waals surface area contributed by atoms with Gasteiger partial charge in [0.25, 0.3) is 0 Å². The topological polar surface area (TPSA) is 214 Å². The number of hydrogen-bond donors (Lipinski definition) is 7. The molecule has 2 saturated heterocycles. The van der Waals surface area contributed by atoms with Crippen LogP contribution in [0, 0.1) is 0 Å². The van der Waals surface area contributed by atoms with Crippen LogP contribution in [0.4, 0.5) is 0 Å². The minimum atomic E-state index is -1.72. The van der Waals surface area contributed by atoms with Crippen molar-refractivity contribution >= 4 is 5.97 Å². The molecule has 2 rings (SSSR count). The van der Waals surface area contributed by atoms with E-state index in [-0.39, 0.29) is 19.6 Å². The highest BCUT2D eigenvalue weighted by Crippen LogP contribution is 2.26. The van der Waals surface area contributed by atoms with Crippen LogP contribution in [0.3, 0.4) is 0 Å². The molecular formula is C53H88O14. The zero-order chi connectivity index (χ0) is 48.7. The number of rotatable bonds is 38. The van der Waals surface area contributed by atoms with E-state index in [1.807, 2.05) is 0 Å². The van der Waals surface area contributed by atoms with Gasteiger partial charge < -0.3 is 64.2 Å². The molecule has 14 nitrogen and oxygen atoms in total. The Labute approximate surface area is 401 Å². The molecule has 0 aromatic rings. The lowest BCUT2D eigenvalue weighted by atomic mass is 9.98. The number of carbonyl (C=O) groups excluding carboxylic acids is 1. The largest absolute Gasteiger partial charge is 0.457 e. The van der Waals surface area contributed by atoms with Gasteiger partial charge in [-0.1, -0.05) is 137 Å². The van der Waals surface area contributed by atoms with E-state index in [0.29, 0.717) is 13.0 Å². The third-order valence-corrected chi connectivity index (χ3v) is 11.4. The molecule has 2 fully saturated rings. The van der Waals surface area contributed by atoms with E-state index in [4.69, 9.17) is 28.4 Å². The molecule has 0 amide bonds. The van der Waals surface area contributed by atoms with Gasteiger partial charge in [0.15, 0.2) is 12.6 Å². The van der Waals surface area contributed by atoms with Gasteiger partial charge in [-0.2, -0.15) is 0 Å². The Morgan fingerprint density at radius 2 is 0.925 bits per heavy atom. The van der Waals surface area contributed by atoms with E-state index in [2.05, 4.69) is 98.9 Å². The van der Waals surface area contributed by atoms with Gasteiger partial charge in [-0.15, -0.1) is 0 Å². The van der Waals surface area contributed by atoms with Crippen molar-refractivity contribution in [3.63, 3.8) is 0 Å². The molecule has 67 heavy (non-hydrogen) atoms. The first-order valence-corrected chi connectivity index (χ1v) is 25.2. The Morgan fingerprint density at radius 3 is 1.45 bits per heavy atom. The first-order valence-electron chi connectivity index (χ1n) is 25.2. The average Bonchev–Trinajstić information content (AvgIpc) is 3.32. The Kier molecular flexibility index (Phi) is 36.0. The van der Waals surface area contributed by atoms with Crippen molar-refractivity contribution in [2.75, 3.05) is 33.0 Å². The highest BCUT2D eigenvalue weighted by Gasteiger charge is 2.47. The van der Waals surface area contributed by atoms with Crippen LogP contribution in [-0.4, -0.2) is 142 Å². The zero-order valence-corrected chi connectivity index (χ0v) is 40.6. The molecule has 11 unspecified atom stereocenters. The fourth-order valence-corrected chi connectivity index (χ4v) is 7.35. The Morgan fingerprint density at radius 1 is 0.493 bits per heavy atom. The summed E-state index contributed by atoms with van der Waals surface area (Å²) >= 11 is 0. The van der Waals surface area contributed by atoms with Crippen molar-refractivity contribution in [3.05, 3.63) is 85.1 Å². The number of aliphatic hydroxyl groups is 7. The van der Waals surface area contributed by atoms with Crippen molar-refractivity contribution in [2.24, 2.45) is 0 Å². The van der Waals surface area contributed by atoms with E-state index in [1.54, 1.807) is 0 Å². The van der Waals surface area contributed by atoms with Crippen molar-refractivity contribution in [1.82, 2.24) is 0 Å². The van der Waals surface area contributed by atoms with Crippen LogP contribution in [0.1, 0.15) is 142 Å². The second kappa shape index (κ2) is 40.0. The van der Waals surface area contributed by atoms with Gasteiger partial charge in [0.05, 0.1) is 26.4 Å². The van der Waals surface area contributed by atoms with Gasteiger partial charge in [0, 0.05) is 13.0 Å². The fraction of sp³-hybridized carbons (Fsp3) is 0.717. The number of aliphatic hydroxyl groups excluding tert-OH is 7. The molecule has 7 N–H and O–H groups in total. The van der Waals surface area contributed by atoms with Crippen LogP contribution in [0.5, 0.6) is 0 Å². The summed E-state index contributed by atoms with van der Waals surface area (Å²) in [4.78, 5) is 13.0. The highest BCUT2D eigenvalue weighted by atomic mass is 16.7. The van der Waals surface area contributed by atoms with Crippen LogP contribution < -0.4 is 0 Å². The number of unbranched alkanes of at least 4 members (excludes halogenated alkanes) is 10. The van der Waals surface area contributed by atoms with Crippen LogP contribution in [-0.2, 0) is 33.2 Å². The Hall–Kier alpha value is -2.83. The monoisotopic (exact) mass is 949 g/mol.